The van der Waals surface area contributed by atoms with Crippen LogP contribution in [0.3, 0.4) is 0 Å². The van der Waals surface area contributed by atoms with Gasteiger partial charge in [-0.05, 0) is 44.2 Å². The molecular weight excluding hydrogens is 393 g/mol. The number of furan rings is 1. The molecule has 8 heteroatoms. The minimum absolute atomic E-state index is 0.0248. The molecule has 0 aliphatic carbocycles. The number of benzene rings is 2. The number of thioether (sulfide) groups is 1. The number of anilines is 1. The fourth-order valence-electron chi connectivity index (χ4n) is 3.08. The van der Waals surface area contributed by atoms with Gasteiger partial charge in [-0.15, -0.1) is 0 Å². The summed E-state index contributed by atoms with van der Waals surface area (Å²) in [5.74, 6) is -0.720. The number of carbonyl (C=O) groups is 1. The third kappa shape index (κ3) is 3.75. The number of nitrogens with zero attached hydrogens (tertiary/aromatic N) is 2. The van der Waals surface area contributed by atoms with Gasteiger partial charge in [0, 0.05) is 17.1 Å². The van der Waals surface area contributed by atoms with Crippen LogP contribution in [0.5, 0.6) is 0 Å². The molecule has 148 valence electrons. The second-order valence-electron chi connectivity index (χ2n) is 6.79. The number of para-hydroxylation sites is 1. The predicted molar refractivity (Wildman–Crippen MR) is 112 cm³/mol. The quantitative estimate of drug-likeness (QED) is 0.384. The third-order valence-corrected chi connectivity index (χ3v) is 5.31. The van der Waals surface area contributed by atoms with Crippen LogP contribution in [0, 0.1) is 5.82 Å². The molecule has 0 bridgehead atoms. The summed E-state index contributed by atoms with van der Waals surface area (Å²) in [6.45, 7) is 3.74. The maximum absolute atomic E-state index is 13.3. The molecule has 29 heavy (non-hydrogen) atoms. The molecule has 0 spiro atoms. The number of amides is 1. The first kappa shape index (κ1) is 19.2. The topological polar surface area (TPSA) is 77.1 Å². The van der Waals surface area contributed by atoms with E-state index in [1.165, 1.54) is 22.8 Å². The average Bonchev–Trinajstić information content (AvgIpc) is 3.05. The highest BCUT2D eigenvalue weighted by Crippen LogP contribution is 2.28. The van der Waals surface area contributed by atoms with Crippen molar-refractivity contribution in [1.29, 1.82) is 0 Å². The van der Waals surface area contributed by atoms with Crippen LogP contribution in [0.2, 0.25) is 0 Å². The first-order chi connectivity index (χ1) is 13.9. The zero-order valence-electron chi connectivity index (χ0n) is 15.8. The monoisotopic (exact) mass is 411 g/mol. The smallest absolute Gasteiger partial charge is 0.298 e. The van der Waals surface area contributed by atoms with Gasteiger partial charge in [0.15, 0.2) is 5.16 Å². The fourth-order valence-corrected chi connectivity index (χ4v) is 4.01. The number of fused-ring (bicyclic) bond motifs is 3. The molecule has 4 rings (SSSR count). The number of hydrogen-bond donors (Lipinski definition) is 1. The molecule has 6 nitrogen and oxygen atoms in total. The van der Waals surface area contributed by atoms with Gasteiger partial charge in [0.1, 0.15) is 16.9 Å². The van der Waals surface area contributed by atoms with Gasteiger partial charge in [-0.25, -0.2) is 9.37 Å². The van der Waals surface area contributed by atoms with E-state index >= 15 is 0 Å². The Morgan fingerprint density at radius 2 is 2.03 bits per heavy atom. The van der Waals surface area contributed by atoms with Crippen LogP contribution in [0.1, 0.15) is 19.9 Å². The van der Waals surface area contributed by atoms with Crippen molar-refractivity contribution in [1.82, 2.24) is 9.55 Å². The molecule has 1 amide bonds. The SMILES string of the molecule is CC(C)n1c(SCC(=O)Nc2cccc(F)c2)nc2c(oc3ccccc32)c1=O. The highest BCUT2D eigenvalue weighted by molar-refractivity contribution is 7.99. The van der Waals surface area contributed by atoms with E-state index in [0.717, 1.165) is 17.1 Å². The molecule has 2 aromatic heterocycles. The predicted octanol–water partition coefficient (Wildman–Crippen LogP) is 4.59. The third-order valence-electron chi connectivity index (χ3n) is 4.35. The zero-order valence-corrected chi connectivity index (χ0v) is 16.6. The number of aromatic nitrogens is 2. The average molecular weight is 411 g/mol. The van der Waals surface area contributed by atoms with Gasteiger partial charge >= 0.3 is 0 Å². The highest BCUT2D eigenvalue weighted by atomic mass is 32.2. The summed E-state index contributed by atoms with van der Waals surface area (Å²) in [6.07, 6.45) is 0. The van der Waals surface area contributed by atoms with Gasteiger partial charge in [0.25, 0.3) is 5.56 Å². The molecule has 1 N–H and O–H groups in total. The van der Waals surface area contributed by atoms with Crippen molar-refractivity contribution in [2.45, 2.75) is 25.0 Å². The molecule has 2 heterocycles. The Morgan fingerprint density at radius 1 is 1.24 bits per heavy atom. The van der Waals surface area contributed by atoms with Crippen molar-refractivity contribution in [3.63, 3.8) is 0 Å². The van der Waals surface area contributed by atoms with Crippen molar-refractivity contribution in [3.05, 3.63) is 64.7 Å². The van der Waals surface area contributed by atoms with Gasteiger partial charge in [0.05, 0.1) is 5.75 Å². The van der Waals surface area contributed by atoms with Crippen LogP contribution < -0.4 is 10.9 Å². The van der Waals surface area contributed by atoms with Crippen molar-refractivity contribution < 1.29 is 13.6 Å². The summed E-state index contributed by atoms with van der Waals surface area (Å²) in [5, 5.41) is 3.83. The number of nitrogens with one attached hydrogen (secondary N) is 1. The minimum Gasteiger partial charge on any atom is -0.448 e. The maximum Gasteiger partial charge on any atom is 0.298 e. The van der Waals surface area contributed by atoms with Crippen molar-refractivity contribution in [2.75, 3.05) is 11.1 Å². The Bertz CT molecular complexity index is 1280. The highest BCUT2D eigenvalue weighted by Gasteiger charge is 2.20. The lowest BCUT2D eigenvalue weighted by Crippen LogP contribution is -2.25. The standard InChI is InChI=1S/C21H18FN3O3S/c1-12(2)25-20(27)19-18(15-8-3-4-9-16(15)28-19)24-21(25)29-11-17(26)23-14-7-5-6-13(22)10-14/h3-10,12H,11H2,1-2H3,(H,23,26). The first-order valence-corrected chi connectivity index (χ1v) is 10.0. The molecule has 0 fully saturated rings. The van der Waals surface area contributed by atoms with Gasteiger partial charge < -0.3 is 9.73 Å². The summed E-state index contributed by atoms with van der Waals surface area (Å²) < 4.78 is 20.5. The number of rotatable bonds is 5. The van der Waals surface area contributed by atoms with E-state index in [-0.39, 0.29) is 28.8 Å². The Morgan fingerprint density at radius 3 is 2.79 bits per heavy atom. The van der Waals surface area contributed by atoms with Crippen LogP contribution in [-0.4, -0.2) is 21.2 Å². The molecule has 4 aromatic rings. The van der Waals surface area contributed by atoms with Crippen molar-refractivity contribution in [3.8, 4) is 0 Å². The summed E-state index contributed by atoms with van der Waals surface area (Å²) in [7, 11) is 0. The molecule has 0 aliphatic heterocycles. The van der Waals surface area contributed by atoms with Crippen LogP contribution >= 0.6 is 11.8 Å². The fraction of sp³-hybridized carbons (Fsp3) is 0.190. The Kier molecular flexibility index (Phi) is 5.10. The molecule has 0 aliphatic rings. The molecule has 0 unspecified atom stereocenters. The Balaban J connectivity index is 1.67. The molecule has 0 saturated heterocycles. The molecule has 0 radical (unpaired) electrons. The summed E-state index contributed by atoms with van der Waals surface area (Å²) in [5.41, 5.74) is 1.37. The lowest BCUT2D eigenvalue weighted by atomic mass is 10.2. The van der Waals surface area contributed by atoms with Crippen LogP contribution in [-0.2, 0) is 4.79 Å². The normalized spacial score (nSPS) is 11.4. The lowest BCUT2D eigenvalue weighted by Gasteiger charge is -2.14. The maximum atomic E-state index is 13.3. The van der Waals surface area contributed by atoms with Gasteiger partial charge in [-0.3, -0.25) is 14.2 Å². The second kappa shape index (κ2) is 7.71. The zero-order chi connectivity index (χ0) is 20.5. The van der Waals surface area contributed by atoms with Crippen LogP contribution in [0.25, 0.3) is 22.1 Å². The lowest BCUT2D eigenvalue weighted by molar-refractivity contribution is -0.113. The molecule has 2 aromatic carbocycles. The van der Waals surface area contributed by atoms with Gasteiger partial charge in [0.2, 0.25) is 11.5 Å². The van der Waals surface area contributed by atoms with E-state index in [0.29, 0.717) is 21.9 Å². The number of halogens is 1. The number of hydrogen-bond acceptors (Lipinski definition) is 5. The van der Waals surface area contributed by atoms with Crippen LogP contribution in [0.4, 0.5) is 10.1 Å². The summed E-state index contributed by atoms with van der Waals surface area (Å²) in [4.78, 5) is 29.9. The van der Waals surface area contributed by atoms with Crippen LogP contribution in [0.15, 0.2) is 62.9 Å². The van der Waals surface area contributed by atoms with E-state index in [4.69, 9.17) is 4.42 Å². The second-order valence-corrected chi connectivity index (χ2v) is 7.73. The molecule has 0 saturated carbocycles. The van der Waals surface area contributed by atoms with E-state index in [1.807, 2.05) is 32.0 Å². The summed E-state index contributed by atoms with van der Waals surface area (Å²) >= 11 is 1.15. The Labute approximate surface area is 169 Å². The van der Waals surface area contributed by atoms with E-state index in [1.54, 1.807) is 12.1 Å². The minimum atomic E-state index is -0.428. The van der Waals surface area contributed by atoms with Gasteiger partial charge in [-0.1, -0.05) is 30.0 Å². The molecule has 0 atom stereocenters. The first-order valence-electron chi connectivity index (χ1n) is 9.06. The number of carbonyl (C=O) groups excluding carboxylic acids is 1. The Hall–Kier alpha value is -3.13. The summed E-state index contributed by atoms with van der Waals surface area (Å²) in [6, 6.07) is 12.8. The van der Waals surface area contributed by atoms with Crippen molar-refractivity contribution in [2.24, 2.45) is 0 Å². The molecular formula is C21H18FN3O3S. The van der Waals surface area contributed by atoms with Crippen molar-refractivity contribution >= 4 is 45.4 Å². The van der Waals surface area contributed by atoms with Gasteiger partial charge in [-0.2, -0.15) is 0 Å². The largest absolute Gasteiger partial charge is 0.448 e. The van der Waals surface area contributed by atoms with E-state index in [2.05, 4.69) is 10.3 Å². The van der Waals surface area contributed by atoms with E-state index in [9.17, 15) is 14.0 Å². The van der Waals surface area contributed by atoms with E-state index < -0.39 is 5.82 Å².